The average molecular weight is 944 g/mol. The summed E-state index contributed by atoms with van der Waals surface area (Å²) in [6, 6.07) is 16.2. The van der Waals surface area contributed by atoms with Gasteiger partial charge in [0.05, 0.1) is 17.7 Å². The molecule has 13 heteroatoms. The molecule has 0 saturated heterocycles. The van der Waals surface area contributed by atoms with Gasteiger partial charge in [0, 0.05) is 59.0 Å². The summed E-state index contributed by atoms with van der Waals surface area (Å²) in [7, 11) is 0.727. The quantitative estimate of drug-likeness (QED) is 0.131. The summed E-state index contributed by atoms with van der Waals surface area (Å²) in [5.74, 6) is 1.66. The van der Waals surface area contributed by atoms with Crippen molar-refractivity contribution in [2.24, 2.45) is 14.1 Å². The first-order valence-electron chi connectivity index (χ1n) is 17.4. The fraction of sp³-hybridized carbons (Fsp3) is 0.500. The zero-order valence-corrected chi connectivity index (χ0v) is 39.3. The van der Waals surface area contributed by atoms with Crippen molar-refractivity contribution in [3.05, 3.63) is 100 Å². The van der Waals surface area contributed by atoms with Gasteiger partial charge in [-0.3, -0.25) is 0 Å². The van der Waals surface area contributed by atoms with Crippen LogP contribution in [0.4, 0.5) is 0 Å². The van der Waals surface area contributed by atoms with Crippen LogP contribution in [0.25, 0.3) is 22.5 Å². The maximum absolute atomic E-state index is 9.52. The third kappa shape index (κ3) is 17.4. The monoisotopic (exact) mass is 940 g/mol. The summed E-state index contributed by atoms with van der Waals surface area (Å²) in [6.07, 6.45) is 8.52. The van der Waals surface area contributed by atoms with Crippen molar-refractivity contribution in [3.8, 4) is 22.5 Å². The van der Waals surface area contributed by atoms with Crippen molar-refractivity contribution in [2.75, 3.05) is 0 Å². The number of rotatable bonds is 6. The Bertz CT molecular complexity index is 1740. The van der Waals surface area contributed by atoms with Gasteiger partial charge in [0.25, 0.3) is 0 Å². The Hall–Kier alpha value is -2.33. The van der Waals surface area contributed by atoms with Gasteiger partial charge >= 0.3 is 0 Å². The third-order valence-corrected chi connectivity index (χ3v) is 20.2. The molecule has 310 valence electrons. The number of hydrogen-bond acceptors (Lipinski definition) is 5. The molecule has 2 N–H and O–H groups in total. The molecule has 0 saturated carbocycles. The van der Waals surface area contributed by atoms with Gasteiger partial charge in [-0.05, 0) is 61.3 Å². The number of H-pyrrole nitrogens is 1. The molecule has 2 unspecified atom stereocenters. The second-order valence-corrected chi connectivity index (χ2v) is 29.8. The lowest BCUT2D eigenvalue weighted by Crippen LogP contribution is -2.41. The van der Waals surface area contributed by atoms with Crippen molar-refractivity contribution < 1.29 is 9.53 Å². The summed E-state index contributed by atoms with van der Waals surface area (Å²) < 4.78 is 12.5. The van der Waals surface area contributed by atoms with E-state index in [4.69, 9.17) is 20.5 Å². The Morgan fingerprint density at radius 1 is 0.727 bits per heavy atom. The topological polar surface area (TPSA) is 93.8 Å². The molecule has 3 heterocycles. The summed E-state index contributed by atoms with van der Waals surface area (Å²) in [5, 5.41) is 10.1. The third-order valence-electron chi connectivity index (χ3n) is 9.31. The van der Waals surface area contributed by atoms with Crippen LogP contribution in [0.3, 0.4) is 0 Å². The van der Waals surface area contributed by atoms with E-state index in [1.54, 1.807) is 25.6 Å². The summed E-state index contributed by atoms with van der Waals surface area (Å²) in [6.45, 7) is 26.1. The van der Waals surface area contributed by atoms with Gasteiger partial charge in [-0.1, -0.05) is 133 Å². The van der Waals surface area contributed by atoms with E-state index in [1.807, 2.05) is 61.3 Å². The first kappa shape index (κ1) is 54.8. The predicted octanol–water partition coefficient (Wildman–Crippen LogP) is 14.4. The molecule has 2 aromatic carbocycles. The minimum atomic E-state index is -1.81. The molecule has 0 radical (unpaired) electrons. The molecule has 2 atom stereocenters. The number of aliphatic hydroxyl groups is 1. The Balaban J connectivity index is 0. The highest BCUT2D eigenvalue weighted by Gasteiger charge is 2.39. The van der Waals surface area contributed by atoms with E-state index >= 15 is 0 Å². The molecule has 0 amide bonds. The highest BCUT2D eigenvalue weighted by molar-refractivity contribution is 9.10. The fourth-order valence-corrected chi connectivity index (χ4v) is 6.00. The lowest BCUT2D eigenvalue weighted by Gasteiger charge is -2.38. The van der Waals surface area contributed by atoms with E-state index in [1.165, 1.54) is 0 Å². The van der Waals surface area contributed by atoms with Gasteiger partial charge in [0.1, 0.15) is 23.9 Å². The van der Waals surface area contributed by atoms with Gasteiger partial charge in [-0.15, -0.1) is 0 Å². The Kier molecular flexibility index (Phi) is 23.1. The van der Waals surface area contributed by atoms with Crippen molar-refractivity contribution >= 4 is 58.6 Å². The molecular formula is C42H71Br2ClN6O2Si2. The van der Waals surface area contributed by atoms with Crippen molar-refractivity contribution in [2.45, 2.75) is 126 Å². The molecule has 0 aliphatic heterocycles. The smallest absolute Gasteiger partial charge is 0.193 e. The number of hydrogen-bond donors (Lipinski definition) is 2. The van der Waals surface area contributed by atoms with Crippen LogP contribution in [-0.4, -0.2) is 49.9 Å². The molecule has 0 spiro atoms. The number of imidazole rings is 3. The number of nitrogens with one attached hydrogen (secondary N) is 1. The number of benzene rings is 2. The first-order chi connectivity index (χ1) is 23.8. The Labute approximate surface area is 358 Å². The zero-order chi connectivity index (χ0) is 39.7. The molecule has 0 aliphatic rings. The standard InChI is InChI=1S/C18H27BrN2OSi.C12H13BrN2O.C6H15ClSi.C3H4N2.3CH4/c1-13(22-23(6,7)18(2,3)4)17-20-16(12-21(17)5)14-8-10-15(19)11-9-14;1-8(16)12-14-11(7-15(12)2)9-3-5-10(13)6-4-9;1-6(2,3)8(4,5)7;1-2-5-3-4-1;;;/h8-13H,1-7H3;3-8,16H,1-2H3;1-5H3;1-3H,(H,4,5);3*1H4. The number of aliphatic hydroxyl groups excluding tert-OH is 1. The predicted molar refractivity (Wildman–Crippen MR) is 252 cm³/mol. The van der Waals surface area contributed by atoms with Gasteiger partial charge in [-0.25, -0.2) is 15.0 Å². The molecular weight excluding hydrogens is 872 g/mol. The van der Waals surface area contributed by atoms with Crippen LogP contribution in [0.1, 0.15) is 102 Å². The van der Waals surface area contributed by atoms with Gasteiger partial charge < -0.3 is 23.7 Å². The largest absolute Gasteiger partial charge is 0.407 e. The number of aromatic nitrogens is 6. The Morgan fingerprint density at radius 2 is 1.11 bits per heavy atom. The van der Waals surface area contributed by atoms with Crippen LogP contribution >= 0.6 is 42.9 Å². The van der Waals surface area contributed by atoms with E-state index in [-0.39, 0.29) is 33.4 Å². The van der Waals surface area contributed by atoms with E-state index < -0.39 is 21.8 Å². The lowest BCUT2D eigenvalue weighted by molar-refractivity contribution is 0.185. The van der Waals surface area contributed by atoms with Crippen LogP contribution in [-0.2, 0) is 18.5 Å². The molecule has 0 fully saturated rings. The minimum Gasteiger partial charge on any atom is -0.407 e. The second-order valence-electron chi connectivity index (χ2n) is 15.9. The number of aromatic amines is 1. The molecule has 0 aliphatic carbocycles. The molecule has 0 bridgehead atoms. The maximum atomic E-state index is 9.52. The highest BCUT2D eigenvalue weighted by Crippen LogP contribution is 2.40. The molecule has 5 aromatic rings. The molecule has 8 nitrogen and oxygen atoms in total. The second kappa shape index (κ2) is 23.2. The number of halogens is 3. The average Bonchev–Trinajstić information content (AvgIpc) is 3.80. The summed E-state index contributed by atoms with van der Waals surface area (Å²) in [4.78, 5) is 15.6. The Morgan fingerprint density at radius 3 is 1.38 bits per heavy atom. The lowest BCUT2D eigenvalue weighted by atomic mass is 10.2. The minimum absolute atomic E-state index is 0. The van der Waals surface area contributed by atoms with Gasteiger partial charge in [-0.2, -0.15) is 11.1 Å². The van der Waals surface area contributed by atoms with Crippen LogP contribution < -0.4 is 0 Å². The normalized spacial score (nSPS) is 12.4. The van der Waals surface area contributed by atoms with Crippen LogP contribution in [0.5, 0.6) is 0 Å². The molecule has 5 rings (SSSR count). The van der Waals surface area contributed by atoms with Crippen LogP contribution in [0.15, 0.2) is 88.6 Å². The maximum Gasteiger partial charge on any atom is 0.193 e. The number of nitrogens with zero attached hydrogens (tertiary/aromatic N) is 5. The SMILES string of the molecule is C.C.C.CC(C)(C)[Si](C)(C)Cl.CC(O)c1nc(-c2ccc(Br)cc2)cn1C.CC(O[Si](C)(C)C(C)(C)C)c1nc(-c2ccc(Br)cc2)cn1C.c1c[nH]cn1. The van der Waals surface area contributed by atoms with Crippen molar-refractivity contribution in [1.29, 1.82) is 0 Å². The highest BCUT2D eigenvalue weighted by atomic mass is 79.9. The van der Waals surface area contributed by atoms with E-state index in [2.05, 4.69) is 144 Å². The van der Waals surface area contributed by atoms with E-state index in [9.17, 15) is 5.11 Å². The summed E-state index contributed by atoms with van der Waals surface area (Å²) in [5.41, 5.74) is 4.03. The summed E-state index contributed by atoms with van der Waals surface area (Å²) >= 11 is 13.0. The van der Waals surface area contributed by atoms with Crippen molar-refractivity contribution in [3.63, 3.8) is 0 Å². The van der Waals surface area contributed by atoms with Gasteiger partial charge in [0.2, 0.25) is 0 Å². The van der Waals surface area contributed by atoms with Crippen LogP contribution in [0, 0.1) is 0 Å². The van der Waals surface area contributed by atoms with E-state index in [0.29, 0.717) is 10.9 Å². The molecule has 3 aromatic heterocycles. The fourth-order valence-electron chi connectivity index (χ4n) is 4.13. The number of aryl methyl sites for hydroxylation is 2. The van der Waals surface area contributed by atoms with Crippen molar-refractivity contribution in [1.82, 2.24) is 29.1 Å². The van der Waals surface area contributed by atoms with E-state index in [0.717, 1.165) is 37.3 Å². The van der Waals surface area contributed by atoms with Gasteiger partial charge in [0.15, 0.2) is 15.7 Å². The zero-order valence-electron chi connectivity index (χ0n) is 33.4. The first-order valence-corrected chi connectivity index (χ1v) is 25.9. The van der Waals surface area contributed by atoms with Crippen LogP contribution in [0.2, 0.25) is 36.3 Å². The molecule has 55 heavy (non-hydrogen) atoms.